The molecule has 0 spiro atoms. The summed E-state index contributed by atoms with van der Waals surface area (Å²) in [6, 6.07) is 0. The number of nitrogens with two attached hydrogens (primary N) is 1. The molecule has 0 saturated heterocycles. The fraction of sp³-hybridized carbons (Fsp3) is 0.714. The van der Waals surface area contributed by atoms with Gasteiger partial charge in [0.1, 0.15) is 12.2 Å². The first-order valence-corrected chi connectivity index (χ1v) is 3.99. The molecule has 2 N–H and O–H groups in total. The lowest BCUT2D eigenvalue weighted by atomic mass is 9.99. The number of rotatable bonds is 1. The topological polar surface area (TPSA) is 56.7 Å². The van der Waals surface area contributed by atoms with Crippen molar-refractivity contribution >= 4 is 0 Å². The Morgan fingerprint density at radius 1 is 1.73 bits per heavy atom. The van der Waals surface area contributed by atoms with Crippen LogP contribution in [0.2, 0.25) is 0 Å². The molecule has 0 aliphatic carbocycles. The van der Waals surface area contributed by atoms with Crippen molar-refractivity contribution in [2.75, 3.05) is 6.54 Å². The Labute approximate surface area is 65.4 Å². The van der Waals surface area contributed by atoms with Gasteiger partial charge in [0.15, 0.2) is 0 Å². The van der Waals surface area contributed by atoms with Gasteiger partial charge in [0.05, 0.1) is 0 Å². The van der Waals surface area contributed by atoms with E-state index < -0.39 is 0 Å². The second-order valence-electron chi connectivity index (χ2n) is 2.96. The van der Waals surface area contributed by atoms with Crippen molar-refractivity contribution in [2.45, 2.75) is 25.3 Å². The fourth-order valence-corrected chi connectivity index (χ4v) is 1.61. The lowest BCUT2D eigenvalue weighted by molar-refractivity contribution is 0.448. The lowest BCUT2D eigenvalue weighted by Gasteiger charge is -2.20. The van der Waals surface area contributed by atoms with E-state index >= 15 is 0 Å². The molecular weight excluding hydrogens is 140 g/mol. The summed E-state index contributed by atoms with van der Waals surface area (Å²) in [4.78, 5) is 0. The summed E-state index contributed by atoms with van der Waals surface area (Å²) in [5, 5.41) is 7.90. The van der Waals surface area contributed by atoms with Gasteiger partial charge in [-0.25, -0.2) is 0 Å². The Bertz CT molecular complexity index is 242. The van der Waals surface area contributed by atoms with Crippen LogP contribution in [0.15, 0.2) is 6.33 Å². The minimum Gasteiger partial charge on any atom is -0.330 e. The number of hydrogen-bond donors (Lipinski definition) is 1. The molecule has 4 heteroatoms. The van der Waals surface area contributed by atoms with Crippen LogP contribution in [0.5, 0.6) is 0 Å². The molecule has 1 aliphatic heterocycles. The first-order chi connectivity index (χ1) is 5.42. The van der Waals surface area contributed by atoms with Crippen LogP contribution in [0.3, 0.4) is 0 Å². The van der Waals surface area contributed by atoms with E-state index in [2.05, 4.69) is 14.8 Å². The van der Waals surface area contributed by atoms with Crippen LogP contribution in [-0.2, 0) is 6.54 Å². The van der Waals surface area contributed by atoms with Gasteiger partial charge in [0.2, 0.25) is 0 Å². The minimum absolute atomic E-state index is 0.436. The lowest BCUT2D eigenvalue weighted by Crippen LogP contribution is -2.21. The molecule has 60 valence electrons. The fourth-order valence-electron chi connectivity index (χ4n) is 1.61. The molecule has 0 amide bonds. The highest BCUT2D eigenvalue weighted by molar-refractivity contribution is 4.99. The number of hydrogen-bond acceptors (Lipinski definition) is 3. The van der Waals surface area contributed by atoms with Gasteiger partial charge < -0.3 is 10.3 Å². The number of aryl methyl sites for hydroxylation is 1. The quantitative estimate of drug-likeness (QED) is 0.621. The van der Waals surface area contributed by atoms with E-state index in [-0.39, 0.29) is 0 Å². The highest BCUT2D eigenvalue weighted by atomic mass is 15.3. The third kappa shape index (κ3) is 1.03. The Kier molecular flexibility index (Phi) is 1.62. The Morgan fingerprint density at radius 2 is 2.64 bits per heavy atom. The van der Waals surface area contributed by atoms with Crippen molar-refractivity contribution in [1.82, 2.24) is 14.8 Å². The van der Waals surface area contributed by atoms with Gasteiger partial charge in [0.25, 0.3) is 0 Å². The maximum absolute atomic E-state index is 5.60. The van der Waals surface area contributed by atoms with Crippen molar-refractivity contribution in [3.63, 3.8) is 0 Å². The summed E-state index contributed by atoms with van der Waals surface area (Å²) in [5.74, 6) is 1.50. The predicted octanol–water partition coefficient (Wildman–Crippen LogP) is 0.114. The van der Waals surface area contributed by atoms with Crippen molar-refractivity contribution in [3.05, 3.63) is 12.2 Å². The Balaban J connectivity index is 2.32. The summed E-state index contributed by atoms with van der Waals surface area (Å²) in [5.41, 5.74) is 5.60. The predicted molar refractivity (Wildman–Crippen MR) is 41.1 cm³/mol. The maximum Gasteiger partial charge on any atom is 0.137 e. The molecule has 4 nitrogen and oxygen atoms in total. The van der Waals surface area contributed by atoms with Crippen molar-refractivity contribution in [3.8, 4) is 0 Å². The summed E-state index contributed by atoms with van der Waals surface area (Å²) in [7, 11) is 0. The molecule has 0 aromatic carbocycles. The second kappa shape index (κ2) is 2.62. The van der Waals surface area contributed by atoms with E-state index in [9.17, 15) is 0 Å². The van der Waals surface area contributed by atoms with E-state index in [1.54, 1.807) is 6.33 Å². The molecule has 1 aromatic rings. The van der Waals surface area contributed by atoms with E-state index in [0.29, 0.717) is 12.5 Å². The zero-order valence-electron chi connectivity index (χ0n) is 6.40. The summed E-state index contributed by atoms with van der Waals surface area (Å²) >= 11 is 0. The number of nitrogens with zero attached hydrogens (tertiary/aromatic N) is 3. The number of aromatic nitrogens is 3. The third-order valence-corrected chi connectivity index (χ3v) is 2.25. The molecular formula is C7H12N4. The highest BCUT2D eigenvalue weighted by Crippen LogP contribution is 2.23. The van der Waals surface area contributed by atoms with E-state index in [0.717, 1.165) is 18.8 Å². The molecule has 1 aromatic heterocycles. The van der Waals surface area contributed by atoms with Gasteiger partial charge in [-0.3, -0.25) is 0 Å². The zero-order valence-corrected chi connectivity index (χ0v) is 6.40. The van der Waals surface area contributed by atoms with Crippen LogP contribution in [0.25, 0.3) is 0 Å². The maximum atomic E-state index is 5.60. The molecule has 2 rings (SSSR count). The average Bonchev–Trinajstić information content (AvgIpc) is 2.50. The van der Waals surface area contributed by atoms with E-state index in [1.165, 1.54) is 6.42 Å². The first kappa shape index (κ1) is 6.79. The van der Waals surface area contributed by atoms with Gasteiger partial charge in [-0.05, 0) is 12.8 Å². The van der Waals surface area contributed by atoms with Crippen LogP contribution < -0.4 is 5.73 Å². The summed E-state index contributed by atoms with van der Waals surface area (Å²) < 4.78 is 2.10. The smallest absolute Gasteiger partial charge is 0.137 e. The molecule has 0 bridgehead atoms. The summed E-state index contributed by atoms with van der Waals surface area (Å²) in [6.45, 7) is 1.75. The van der Waals surface area contributed by atoms with Gasteiger partial charge in [-0.2, -0.15) is 0 Å². The molecule has 0 unspecified atom stereocenters. The van der Waals surface area contributed by atoms with Crippen LogP contribution in [0.1, 0.15) is 24.6 Å². The van der Waals surface area contributed by atoms with Gasteiger partial charge >= 0.3 is 0 Å². The van der Waals surface area contributed by atoms with Gasteiger partial charge in [0, 0.05) is 19.0 Å². The molecule has 0 fully saturated rings. The number of fused-ring (bicyclic) bond motifs is 1. The van der Waals surface area contributed by atoms with Crippen LogP contribution in [0.4, 0.5) is 0 Å². The second-order valence-corrected chi connectivity index (χ2v) is 2.96. The molecule has 11 heavy (non-hydrogen) atoms. The van der Waals surface area contributed by atoms with Crippen molar-refractivity contribution in [2.24, 2.45) is 5.73 Å². The monoisotopic (exact) mass is 152 g/mol. The molecule has 1 aliphatic rings. The van der Waals surface area contributed by atoms with Crippen molar-refractivity contribution < 1.29 is 0 Å². The molecule has 0 radical (unpaired) electrons. The molecule has 0 saturated carbocycles. The highest BCUT2D eigenvalue weighted by Gasteiger charge is 2.20. The Morgan fingerprint density at radius 3 is 3.45 bits per heavy atom. The molecule has 1 atom stereocenters. The summed E-state index contributed by atoms with van der Waals surface area (Å²) in [6.07, 6.45) is 4.15. The van der Waals surface area contributed by atoms with Crippen LogP contribution in [-0.4, -0.2) is 21.3 Å². The van der Waals surface area contributed by atoms with Gasteiger partial charge in [-0.15, -0.1) is 10.2 Å². The zero-order chi connectivity index (χ0) is 7.68. The van der Waals surface area contributed by atoms with E-state index in [4.69, 9.17) is 5.73 Å². The van der Waals surface area contributed by atoms with Gasteiger partial charge in [-0.1, -0.05) is 0 Å². The first-order valence-electron chi connectivity index (χ1n) is 3.99. The van der Waals surface area contributed by atoms with Crippen LogP contribution in [0, 0.1) is 0 Å². The minimum atomic E-state index is 0.436. The molecule has 2 heterocycles. The van der Waals surface area contributed by atoms with E-state index in [1.807, 2.05) is 0 Å². The van der Waals surface area contributed by atoms with Crippen LogP contribution >= 0.6 is 0 Å². The Hall–Kier alpha value is -0.900. The standard InChI is InChI=1S/C7H12N4/c8-4-6-2-1-3-11-5-9-10-7(6)11/h5-6H,1-4,8H2/t6-/m1/s1. The largest absolute Gasteiger partial charge is 0.330 e. The van der Waals surface area contributed by atoms with Crippen molar-refractivity contribution in [1.29, 1.82) is 0 Å². The SMILES string of the molecule is NC[C@H]1CCCn2cnnc21. The normalized spacial score (nSPS) is 23.2. The third-order valence-electron chi connectivity index (χ3n) is 2.25. The average molecular weight is 152 g/mol.